The van der Waals surface area contributed by atoms with Crippen molar-refractivity contribution in [1.29, 1.82) is 0 Å². The first-order valence-corrected chi connectivity index (χ1v) is 10.3. The third-order valence-electron chi connectivity index (χ3n) is 3.29. The number of sulfone groups is 2. The van der Waals surface area contributed by atoms with Gasteiger partial charge in [0.25, 0.3) is 0 Å². The molecule has 0 spiro atoms. The molecule has 8 heteroatoms. The van der Waals surface area contributed by atoms with Gasteiger partial charge in [0.05, 0.1) is 16.4 Å². The van der Waals surface area contributed by atoms with E-state index in [4.69, 9.17) is 4.74 Å². The standard InChI is InChI=1S/C13H19NO5S2/c1-20(15,16)13-4-2-12(3-5-13)19-8-7-14-11-6-9-21(17,18)10-11/h2-5,11,14H,6-10H2,1H3. The number of nitrogens with one attached hydrogen (secondary N) is 1. The van der Waals surface area contributed by atoms with Crippen LogP contribution in [0.25, 0.3) is 0 Å². The molecule has 0 saturated carbocycles. The molecule has 1 aliphatic rings. The van der Waals surface area contributed by atoms with E-state index < -0.39 is 19.7 Å². The third kappa shape index (κ3) is 4.98. The average molecular weight is 333 g/mol. The van der Waals surface area contributed by atoms with Crippen LogP contribution in [0.5, 0.6) is 5.75 Å². The lowest BCUT2D eigenvalue weighted by Gasteiger charge is -2.11. The Morgan fingerprint density at radius 1 is 1.29 bits per heavy atom. The summed E-state index contributed by atoms with van der Waals surface area (Å²) in [6.07, 6.45) is 1.80. The summed E-state index contributed by atoms with van der Waals surface area (Å²) in [6.45, 7) is 0.947. The summed E-state index contributed by atoms with van der Waals surface area (Å²) in [6, 6.07) is 6.22. The highest BCUT2D eigenvalue weighted by Gasteiger charge is 2.26. The van der Waals surface area contributed by atoms with Gasteiger partial charge in [-0.2, -0.15) is 0 Å². The van der Waals surface area contributed by atoms with Gasteiger partial charge in [0.15, 0.2) is 19.7 Å². The van der Waals surface area contributed by atoms with E-state index in [1.807, 2.05) is 0 Å². The normalized spacial score (nSPS) is 21.3. The Hall–Kier alpha value is -1.12. The van der Waals surface area contributed by atoms with Gasteiger partial charge in [-0.1, -0.05) is 0 Å². The summed E-state index contributed by atoms with van der Waals surface area (Å²) in [7, 11) is -6.06. The molecule has 0 aromatic heterocycles. The van der Waals surface area contributed by atoms with Gasteiger partial charge >= 0.3 is 0 Å². The topological polar surface area (TPSA) is 89.5 Å². The van der Waals surface area contributed by atoms with E-state index in [1.165, 1.54) is 12.1 Å². The Balaban J connectivity index is 1.74. The lowest BCUT2D eigenvalue weighted by atomic mass is 10.3. The molecule has 1 saturated heterocycles. The first-order valence-electron chi connectivity index (χ1n) is 6.63. The first kappa shape index (κ1) is 16.3. The fourth-order valence-corrected chi connectivity index (χ4v) is 4.51. The molecule has 2 rings (SSSR count). The zero-order chi connectivity index (χ0) is 15.5. The quantitative estimate of drug-likeness (QED) is 0.751. The summed E-state index contributed by atoms with van der Waals surface area (Å²) in [5.74, 6) is 1.03. The summed E-state index contributed by atoms with van der Waals surface area (Å²) in [4.78, 5) is 0.254. The Morgan fingerprint density at radius 2 is 1.95 bits per heavy atom. The summed E-state index contributed by atoms with van der Waals surface area (Å²) in [5.41, 5.74) is 0. The predicted molar refractivity (Wildman–Crippen MR) is 80.1 cm³/mol. The average Bonchev–Trinajstić information content (AvgIpc) is 2.74. The number of ether oxygens (including phenoxy) is 1. The van der Waals surface area contributed by atoms with Crippen molar-refractivity contribution in [1.82, 2.24) is 5.32 Å². The second kappa shape index (κ2) is 6.33. The molecule has 6 nitrogen and oxygen atoms in total. The monoisotopic (exact) mass is 333 g/mol. The lowest BCUT2D eigenvalue weighted by Crippen LogP contribution is -2.33. The zero-order valence-electron chi connectivity index (χ0n) is 11.8. The van der Waals surface area contributed by atoms with Crippen molar-refractivity contribution in [2.75, 3.05) is 30.9 Å². The van der Waals surface area contributed by atoms with E-state index in [0.29, 0.717) is 25.3 Å². The van der Waals surface area contributed by atoms with Gasteiger partial charge in [-0.3, -0.25) is 0 Å². The molecular formula is C13H19NO5S2. The Kier molecular flexibility index (Phi) is 4.90. The van der Waals surface area contributed by atoms with Crippen molar-refractivity contribution >= 4 is 19.7 Å². The van der Waals surface area contributed by atoms with Crippen LogP contribution in [-0.4, -0.2) is 53.8 Å². The van der Waals surface area contributed by atoms with Crippen LogP contribution in [0.2, 0.25) is 0 Å². The second-order valence-corrected chi connectivity index (χ2v) is 9.39. The second-order valence-electron chi connectivity index (χ2n) is 5.15. The van der Waals surface area contributed by atoms with Crippen molar-refractivity contribution in [3.63, 3.8) is 0 Å². The number of rotatable bonds is 6. The van der Waals surface area contributed by atoms with Gasteiger partial charge in [-0.25, -0.2) is 16.8 Å². The van der Waals surface area contributed by atoms with Crippen LogP contribution in [-0.2, 0) is 19.7 Å². The minimum atomic E-state index is -3.19. The van der Waals surface area contributed by atoms with Gasteiger partial charge in [0.1, 0.15) is 12.4 Å². The van der Waals surface area contributed by atoms with Crippen LogP contribution in [0.3, 0.4) is 0 Å². The van der Waals surface area contributed by atoms with Gasteiger partial charge < -0.3 is 10.1 Å². The van der Waals surface area contributed by atoms with Crippen LogP contribution in [0, 0.1) is 0 Å². The highest BCUT2D eigenvalue weighted by molar-refractivity contribution is 7.91. The van der Waals surface area contributed by atoms with E-state index in [9.17, 15) is 16.8 Å². The molecule has 1 N–H and O–H groups in total. The fraction of sp³-hybridized carbons (Fsp3) is 0.538. The zero-order valence-corrected chi connectivity index (χ0v) is 13.4. The number of benzene rings is 1. The van der Waals surface area contributed by atoms with Crippen LogP contribution in [0.15, 0.2) is 29.2 Å². The smallest absolute Gasteiger partial charge is 0.175 e. The first-order chi connectivity index (χ1) is 9.76. The van der Waals surface area contributed by atoms with Crippen molar-refractivity contribution in [2.24, 2.45) is 0 Å². The van der Waals surface area contributed by atoms with Crippen LogP contribution in [0.1, 0.15) is 6.42 Å². The van der Waals surface area contributed by atoms with E-state index in [-0.39, 0.29) is 22.4 Å². The minimum Gasteiger partial charge on any atom is -0.492 e. The van der Waals surface area contributed by atoms with Gasteiger partial charge in [0.2, 0.25) is 0 Å². The van der Waals surface area contributed by atoms with E-state index >= 15 is 0 Å². The van der Waals surface area contributed by atoms with Crippen LogP contribution >= 0.6 is 0 Å². The highest BCUT2D eigenvalue weighted by atomic mass is 32.2. The molecule has 0 bridgehead atoms. The molecule has 1 aliphatic heterocycles. The van der Waals surface area contributed by atoms with E-state index in [2.05, 4.69) is 5.32 Å². The molecular weight excluding hydrogens is 314 g/mol. The van der Waals surface area contributed by atoms with Crippen molar-refractivity contribution in [3.05, 3.63) is 24.3 Å². The largest absolute Gasteiger partial charge is 0.492 e. The SMILES string of the molecule is CS(=O)(=O)c1ccc(OCCNC2CCS(=O)(=O)C2)cc1. The van der Waals surface area contributed by atoms with Crippen molar-refractivity contribution < 1.29 is 21.6 Å². The minimum absolute atomic E-state index is 0.00575. The Bertz CT molecular complexity index is 680. The maximum atomic E-state index is 11.3. The molecule has 1 unspecified atom stereocenters. The van der Waals surface area contributed by atoms with Gasteiger partial charge in [-0.05, 0) is 30.7 Å². The molecule has 1 aromatic rings. The molecule has 1 fully saturated rings. The van der Waals surface area contributed by atoms with Gasteiger partial charge in [0, 0.05) is 18.8 Å². The maximum absolute atomic E-state index is 11.3. The fourth-order valence-electron chi connectivity index (χ4n) is 2.17. The van der Waals surface area contributed by atoms with Crippen molar-refractivity contribution in [2.45, 2.75) is 17.4 Å². The van der Waals surface area contributed by atoms with Crippen LogP contribution in [0.4, 0.5) is 0 Å². The predicted octanol–water partition coefficient (Wildman–Crippen LogP) is 0.246. The molecule has 0 aliphatic carbocycles. The Morgan fingerprint density at radius 3 is 2.48 bits per heavy atom. The summed E-state index contributed by atoms with van der Waals surface area (Å²) >= 11 is 0. The van der Waals surface area contributed by atoms with Crippen LogP contribution < -0.4 is 10.1 Å². The Labute approximate surface area is 125 Å². The lowest BCUT2D eigenvalue weighted by molar-refractivity contribution is 0.307. The van der Waals surface area contributed by atoms with Gasteiger partial charge in [-0.15, -0.1) is 0 Å². The third-order valence-corrected chi connectivity index (χ3v) is 6.18. The molecule has 118 valence electrons. The molecule has 1 aromatic carbocycles. The molecule has 0 radical (unpaired) electrons. The van der Waals surface area contributed by atoms with Crippen molar-refractivity contribution in [3.8, 4) is 5.75 Å². The summed E-state index contributed by atoms with van der Waals surface area (Å²) in [5, 5.41) is 3.14. The molecule has 1 heterocycles. The number of hydrogen-bond acceptors (Lipinski definition) is 6. The van der Waals surface area contributed by atoms with E-state index in [1.54, 1.807) is 12.1 Å². The molecule has 0 amide bonds. The number of hydrogen-bond donors (Lipinski definition) is 1. The molecule has 1 atom stereocenters. The molecule has 21 heavy (non-hydrogen) atoms. The highest BCUT2D eigenvalue weighted by Crippen LogP contribution is 2.15. The van der Waals surface area contributed by atoms with E-state index in [0.717, 1.165) is 6.26 Å². The maximum Gasteiger partial charge on any atom is 0.175 e. The summed E-state index contributed by atoms with van der Waals surface area (Å²) < 4.78 is 50.7.